The Bertz CT molecular complexity index is 691. The van der Waals surface area contributed by atoms with Gasteiger partial charge in [0.1, 0.15) is 0 Å². The second-order valence-corrected chi connectivity index (χ2v) is 4.69. The van der Waals surface area contributed by atoms with Crippen LogP contribution in [0.15, 0.2) is 30.5 Å². The van der Waals surface area contributed by atoms with Gasteiger partial charge in [0, 0.05) is 16.9 Å². The molecule has 4 heteroatoms. The lowest BCUT2D eigenvalue weighted by atomic mass is 10.1. The summed E-state index contributed by atoms with van der Waals surface area (Å²) in [7, 11) is 0. The van der Waals surface area contributed by atoms with E-state index in [4.69, 9.17) is 5.73 Å². The van der Waals surface area contributed by atoms with Gasteiger partial charge in [0.05, 0.1) is 17.6 Å². The van der Waals surface area contributed by atoms with Crippen molar-refractivity contribution in [3.63, 3.8) is 0 Å². The highest BCUT2D eigenvalue weighted by molar-refractivity contribution is 5.87. The van der Waals surface area contributed by atoms with Gasteiger partial charge in [-0.1, -0.05) is 12.1 Å². The molecule has 0 saturated heterocycles. The van der Waals surface area contributed by atoms with Crippen LogP contribution in [0.25, 0.3) is 22.4 Å². The minimum atomic E-state index is -0.0302. The first-order valence-electron chi connectivity index (χ1n) is 6.04. The number of hydrogen-bond donors (Lipinski definition) is 3. The maximum absolute atomic E-state index is 5.82. The van der Waals surface area contributed by atoms with E-state index in [2.05, 4.69) is 40.1 Å². The normalized spacial score (nSPS) is 13.1. The summed E-state index contributed by atoms with van der Waals surface area (Å²) in [5.74, 6) is 0.831. The number of rotatable bonds is 2. The molecule has 2 aromatic heterocycles. The first-order chi connectivity index (χ1) is 8.65. The Labute approximate surface area is 105 Å². The molecule has 0 bridgehead atoms. The van der Waals surface area contributed by atoms with E-state index in [0.717, 1.165) is 22.7 Å². The zero-order chi connectivity index (χ0) is 12.7. The molecule has 3 aromatic rings. The fraction of sp³-hybridized carbons (Fsp3) is 0.214. The summed E-state index contributed by atoms with van der Waals surface area (Å²) in [5, 5.41) is 1.23. The molecule has 0 spiro atoms. The van der Waals surface area contributed by atoms with Crippen LogP contribution in [0.4, 0.5) is 0 Å². The molecular weight excluding hydrogens is 224 g/mol. The van der Waals surface area contributed by atoms with Crippen molar-refractivity contribution in [3.8, 4) is 11.5 Å². The van der Waals surface area contributed by atoms with E-state index in [9.17, 15) is 0 Å². The lowest BCUT2D eigenvalue weighted by Gasteiger charge is -1.98. The lowest BCUT2D eigenvalue weighted by Crippen LogP contribution is -2.04. The third-order valence-electron chi connectivity index (χ3n) is 3.22. The molecule has 1 atom stereocenters. The Morgan fingerprint density at radius 1 is 1.28 bits per heavy atom. The van der Waals surface area contributed by atoms with Gasteiger partial charge in [0.15, 0.2) is 5.82 Å². The smallest absolute Gasteiger partial charge is 0.154 e. The third kappa shape index (κ3) is 1.71. The van der Waals surface area contributed by atoms with Gasteiger partial charge in [0.2, 0.25) is 0 Å². The van der Waals surface area contributed by atoms with Crippen LogP contribution >= 0.6 is 0 Å². The number of aromatic amines is 2. The predicted molar refractivity (Wildman–Crippen MR) is 73.2 cm³/mol. The number of imidazole rings is 1. The largest absolute Gasteiger partial charge is 0.352 e. The molecule has 0 amide bonds. The minimum Gasteiger partial charge on any atom is -0.352 e. The Morgan fingerprint density at radius 3 is 2.78 bits per heavy atom. The monoisotopic (exact) mass is 240 g/mol. The van der Waals surface area contributed by atoms with Gasteiger partial charge in [-0.05, 0) is 31.5 Å². The Hall–Kier alpha value is -2.07. The maximum atomic E-state index is 5.82. The van der Waals surface area contributed by atoms with Crippen molar-refractivity contribution >= 4 is 10.9 Å². The molecule has 4 nitrogen and oxygen atoms in total. The van der Waals surface area contributed by atoms with E-state index in [1.54, 1.807) is 6.20 Å². The van der Waals surface area contributed by atoms with Gasteiger partial charge >= 0.3 is 0 Å². The van der Waals surface area contributed by atoms with Crippen LogP contribution < -0.4 is 5.73 Å². The number of fused-ring (bicyclic) bond motifs is 1. The van der Waals surface area contributed by atoms with Gasteiger partial charge in [-0.2, -0.15) is 0 Å². The summed E-state index contributed by atoms with van der Waals surface area (Å²) in [6.45, 7) is 4.04. The summed E-state index contributed by atoms with van der Waals surface area (Å²) >= 11 is 0. The molecule has 4 N–H and O–H groups in total. The highest BCUT2D eigenvalue weighted by atomic mass is 15.0. The number of aromatic nitrogens is 3. The molecule has 1 aromatic carbocycles. The molecular formula is C14H16N4. The van der Waals surface area contributed by atoms with Crippen LogP contribution in [0.5, 0.6) is 0 Å². The molecule has 0 aliphatic carbocycles. The number of benzene rings is 1. The fourth-order valence-electron chi connectivity index (χ4n) is 2.14. The van der Waals surface area contributed by atoms with Crippen LogP contribution in [0.3, 0.4) is 0 Å². The molecule has 18 heavy (non-hydrogen) atoms. The van der Waals surface area contributed by atoms with Crippen molar-refractivity contribution in [1.82, 2.24) is 15.0 Å². The van der Waals surface area contributed by atoms with Gasteiger partial charge in [-0.15, -0.1) is 0 Å². The summed E-state index contributed by atoms with van der Waals surface area (Å²) in [4.78, 5) is 11.0. The number of H-pyrrole nitrogens is 2. The quantitative estimate of drug-likeness (QED) is 0.644. The molecule has 0 fully saturated rings. The van der Waals surface area contributed by atoms with E-state index in [1.807, 2.05) is 13.0 Å². The van der Waals surface area contributed by atoms with Gasteiger partial charge in [-0.3, -0.25) is 0 Å². The Morgan fingerprint density at radius 2 is 2.11 bits per heavy atom. The topological polar surface area (TPSA) is 70.5 Å². The molecule has 3 rings (SSSR count). The molecule has 0 aliphatic heterocycles. The molecule has 2 heterocycles. The van der Waals surface area contributed by atoms with Crippen LogP contribution in [-0.4, -0.2) is 15.0 Å². The average molecular weight is 240 g/mol. The van der Waals surface area contributed by atoms with Crippen molar-refractivity contribution in [2.24, 2.45) is 5.73 Å². The molecule has 0 unspecified atom stereocenters. The van der Waals surface area contributed by atoms with Crippen LogP contribution in [0.2, 0.25) is 0 Å². The van der Waals surface area contributed by atoms with Gasteiger partial charge in [-0.25, -0.2) is 4.98 Å². The summed E-state index contributed by atoms with van der Waals surface area (Å²) in [6.07, 6.45) is 1.79. The summed E-state index contributed by atoms with van der Waals surface area (Å²) in [6, 6.07) is 8.32. The first-order valence-corrected chi connectivity index (χ1v) is 6.04. The number of nitrogens with two attached hydrogens (primary N) is 1. The molecule has 92 valence electrons. The lowest BCUT2D eigenvalue weighted by molar-refractivity contribution is 0.789. The van der Waals surface area contributed by atoms with E-state index >= 15 is 0 Å². The van der Waals surface area contributed by atoms with E-state index in [-0.39, 0.29) is 6.04 Å². The Balaban J connectivity index is 2.10. The standard InChI is InChI=1S/C14H16N4/c1-8-4-3-5-11-10(8)6-12(17-11)14-16-7-13(18-14)9(2)15/h3-7,9,17H,15H2,1-2H3,(H,16,18)/t9-/m0/s1. The first kappa shape index (κ1) is 11.0. The zero-order valence-corrected chi connectivity index (χ0v) is 10.5. The van der Waals surface area contributed by atoms with E-state index in [1.165, 1.54) is 10.9 Å². The number of nitrogens with zero attached hydrogens (tertiary/aromatic N) is 1. The minimum absolute atomic E-state index is 0.0302. The van der Waals surface area contributed by atoms with Crippen LogP contribution in [-0.2, 0) is 0 Å². The van der Waals surface area contributed by atoms with E-state index in [0.29, 0.717) is 0 Å². The van der Waals surface area contributed by atoms with Crippen molar-refractivity contribution in [2.45, 2.75) is 19.9 Å². The SMILES string of the molecule is Cc1cccc2[nH]c(-c3ncc([C@H](C)N)[nH]3)cc12. The van der Waals surface area contributed by atoms with Crippen LogP contribution in [0, 0.1) is 6.92 Å². The second-order valence-electron chi connectivity index (χ2n) is 4.69. The van der Waals surface area contributed by atoms with Crippen molar-refractivity contribution < 1.29 is 0 Å². The van der Waals surface area contributed by atoms with E-state index < -0.39 is 0 Å². The number of nitrogens with one attached hydrogen (secondary N) is 2. The van der Waals surface area contributed by atoms with Crippen molar-refractivity contribution in [1.29, 1.82) is 0 Å². The number of aryl methyl sites for hydroxylation is 1. The third-order valence-corrected chi connectivity index (χ3v) is 3.22. The molecule has 0 radical (unpaired) electrons. The van der Waals surface area contributed by atoms with Gasteiger partial charge < -0.3 is 15.7 Å². The van der Waals surface area contributed by atoms with Crippen molar-refractivity contribution in [3.05, 3.63) is 41.7 Å². The summed E-state index contributed by atoms with van der Waals surface area (Å²) in [5.41, 5.74) is 10.1. The predicted octanol–water partition coefficient (Wildman–Crippen LogP) is 2.89. The van der Waals surface area contributed by atoms with Crippen LogP contribution in [0.1, 0.15) is 24.2 Å². The Kier molecular flexibility index (Phi) is 2.45. The molecule has 0 aliphatic rings. The van der Waals surface area contributed by atoms with Gasteiger partial charge in [0.25, 0.3) is 0 Å². The number of hydrogen-bond acceptors (Lipinski definition) is 2. The average Bonchev–Trinajstić information content (AvgIpc) is 2.95. The highest BCUT2D eigenvalue weighted by Crippen LogP contribution is 2.24. The second kappa shape index (κ2) is 3.99. The fourth-order valence-corrected chi connectivity index (χ4v) is 2.14. The summed E-state index contributed by atoms with van der Waals surface area (Å²) < 4.78 is 0. The highest BCUT2D eigenvalue weighted by Gasteiger charge is 2.09. The maximum Gasteiger partial charge on any atom is 0.154 e. The molecule has 0 saturated carbocycles. The van der Waals surface area contributed by atoms with Crippen molar-refractivity contribution in [2.75, 3.05) is 0 Å². The zero-order valence-electron chi connectivity index (χ0n) is 10.5.